The van der Waals surface area contributed by atoms with Gasteiger partial charge in [0.25, 0.3) is 0 Å². The summed E-state index contributed by atoms with van der Waals surface area (Å²) >= 11 is 0. The van der Waals surface area contributed by atoms with Crippen molar-refractivity contribution in [3.8, 4) is 0 Å². The maximum Gasteiger partial charge on any atom is 0.109 e. The van der Waals surface area contributed by atoms with Gasteiger partial charge >= 0.3 is 0 Å². The lowest BCUT2D eigenvalue weighted by Gasteiger charge is -2.50. The minimum atomic E-state index is -4.34. The summed E-state index contributed by atoms with van der Waals surface area (Å²) in [7, 11) is -5.17. The summed E-state index contributed by atoms with van der Waals surface area (Å²) in [5, 5.41) is 0. The summed E-state index contributed by atoms with van der Waals surface area (Å²) in [5.74, 6) is 0. The third-order valence-electron chi connectivity index (χ3n) is 5.82. The predicted molar refractivity (Wildman–Crippen MR) is 96.0 cm³/mol. The lowest BCUT2D eigenvalue weighted by molar-refractivity contribution is 0.442. The Kier molecular flexibility index (Phi) is 5.65. The van der Waals surface area contributed by atoms with Crippen LogP contribution in [0.2, 0.25) is 0 Å². The summed E-state index contributed by atoms with van der Waals surface area (Å²) in [6, 6.07) is 0. The fourth-order valence-corrected chi connectivity index (χ4v) is 11.5. The zero-order valence-electron chi connectivity index (χ0n) is 13.8. The van der Waals surface area contributed by atoms with E-state index in [0.717, 1.165) is 25.7 Å². The first-order valence-electron chi connectivity index (χ1n) is 9.13. The summed E-state index contributed by atoms with van der Waals surface area (Å²) in [6.45, 7) is 0. The molecule has 23 heavy (non-hydrogen) atoms. The first-order valence-corrected chi connectivity index (χ1v) is 12.0. The van der Waals surface area contributed by atoms with E-state index in [9.17, 15) is 13.0 Å². The molecule has 0 N–H and O–H groups in total. The molecule has 1 unspecified atom stereocenters. The number of hydrogen-bond donors (Lipinski definition) is 0. The van der Waals surface area contributed by atoms with Crippen LogP contribution < -0.4 is 0 Å². The van der Waals surface area contributed by atoms with Crippen molar-refractivity contribution in [2.45, 2.75) is 86.4 Å². The third-order valence-corrected chi connectivity index (χ3v) is 12.1. The maximum absolute atomic E-state index is 12.4. The second-order valence-electron chi connectivity index (χ2n) is 7.28. The third kappa shape index (κ3) is 3.60. The Morgan fingerprint density at radius 3 is 1.78 bits per heavy atom. The normalized spacial score (nSPS) is 30.9. The van der Waals surface area contributed by atoms with Crippen LogP contribution in [0.4, 0.5) is 0 Å². The Bertz CT molecular complexity index is 539. The van der Waals surface area contributed by atoms with Crippen LogP contribution >= 0.6 is 7.92 Å². The Morgan fingerprint density at radius 1 is 0.870 bits per heavy atom. The molecule has 3 aliphatic carbocycles. The molecule has 2 fully saturated rings. The largest absolute Gasteiger partial charge is 0.747 e. The fraction of sp³-hybridized carbons (Fsp3) is 0.778. The number of allylic oxidation sites excluding steroid dienone is 3. The molecular formula is C18H28O3PS-. The van der Waals surface area contributed by atoms with E-state index in [2.05, 4.69) is 0 Å². The molecule has 0 radical (unpaired) electrons. The highest BCUT2D eigenvalue weighted by Gasteiger charge is 2.49. The molecule has 3 nitrogen and oxygen atoms in total. The summed E-state index contributed by atoms with van der Waals surface area (Å²) in [6.07, 6.45) is 19.6. The topological polar surface area (TPSA) is 57.2 Å². The van der Waals surface area contributed by atoms with Crippen LogP contribution in [0.3, 0.4) is 0 Å². The Hall–Kier alpha value is -0.180. The van der Waals surface area contributed by atoms with Crippen LogP contribution in [0.25, 0.3) is 0 Å². The van der Waals surface area contributed by atoms with Crippen LogP contribution in [0, 0.1) is 0 Å². The van der Waals surface area contributed by atoms with Gasteiger partial charge in [0, 0.05) is 0 Å². The van der Waals surface area contributed by atoms with Crippen LogP contribution in [0.1, 0.15) is 70.6 Å². The van der Waals surface area contributed by atoms with Crippen molar-refractivity contribution in [2.75, 3.05) is 0 Å². The lowest BCUT2D eigenvalue weighted by Crippen LogP contribution is -2.42. The van der Waals surface area contributed by atoms with Gasteiger partial charge in [-0.05, 0) is 43.4 Å². The first kappa shape index (κ1) is 17.6. The summed E-state index contributed by atoms with van der Waals surface area (Å²) in [5.41, 5.74) is 0.920. The molecule has 130 valence electrons. The molecule has 0 saturated heterocycles. The molecule has 3 rings (SSSR count). The van der Waals surface area contributed by atoms with Gasteiger partial charge in [0.2, 0.25) is 0 Å². The van der Waals surface area contributed by atoms with Gasteiger partial charge in [0.05, 0.1) is 0 Å². The van der Waals surface area contributed by atoms with E-state index in [0.29, 0.717) is 17.7 Å². The van der Waals surface area contributed by atoms with E-state index in [-0.39, 0.29) is 0 Å². The van der Waals surface area contributed by atoms with Crippen molar-refractivity contribution in [1.82, 2.24) is 0 Å². The highest BCUT2D eigenvalue weighted by atomic mass is 32.2. The standard InChI is InChI=1S/C18H29O3PS/c19-23(20,21)18(14-8-3-9-15-18)22(16-10-4-1-5-11-16)17-12-6-2-7-13-17/h3,8-9,14,16-17H,1-2,4-7,10-13,15H2,(H,19,20,21)/p-1. The Balaban J connectivity index is 2.00. The molecule has 0 heterocycles. The molecule has 0 aromatic heterocycles. The smallest absolute Gasteiger partial charge is 0.109 e. The Morgan fingerprint density at radius 2 is 1.39 bits per heavy atom. The van der Waals surface area contributed by atoms with Crippen molar-refractivity contribution in [3.05, 3.63) is 24.3 Å². The van der Waals surface area contributed by atoms with Crippen LogP contribution in [-0.4, -0.2) is 28.8 Å². The minimum Gasteiger partial charge on any atom is -0.747 e. The maximum atomic E-state index is 12.4. The van der Waals surface area contributed by atoms with Crippen molar-refractivity contribution in [1.29, 1.82) is 0 Å². The SMILES string of the molecule is O=S(=O)([O-])C1(P(C2CCCCC2)C2CCCCC2)C=CC=CC1. The average Bonchev–Trinajstić information content (AvgIpc) is 2.57. The zero-order valence-corrected chi connectivity index (χ0v) is 15.5. The minimum absolute atomic E-state index is 0.397. The van der Waals surface area contributed by atoms with Crippen LogP contribution in [0.15, 0.2) is 24.3 Å². The monoisotopic (exact) mass is 355 g/mol. The van der Waals surface area contributed by atoms with Crippen molar-refractivity contribution in [3.63, 3.8) is 0 Å². The van der Waals surface area contributed by atoms with Crippen molar-refractivity contribution >= 4 is 18.0 Å². The van der Waals surface area contributed by atoms with Crippen molar-refractivity contribution in [2.24, 2.45) is 0 Å². The van der Waals surface area contributed by atoms with Gasteiger partial charge < -0.3 is 4.55 Å². The number of rotatable bonds is 4. The van der Waals surface area contributed by atoms with Gasteiger partial charge in [-0.15, -0.1) is 0 Å². The van der Waals surface area contributed by atoms with E-state index in [4.69, 9.17) is 0 Å². The average molecular weight is 355 g/mol. The van der Waals surface area contributed by atoms with Crippen LogP contribution in [0.5, 0.6) is 0 Å². The van der Waals surface area contributed by atoms with E-state index in [1.165, 1.54) is 38.5 Å². The van der Waals surface area contributed by atoms with Gasteiger partial charge in [-0.2, -0.15) is 0 Å². The van der Waals surface area contributed by atoms with Gasteiger partial charge in [0.1, 0.15) is 14.6 Å². The predicted octanol–water partition coefficient (Wildman–Crippen LogP) is 4.89. The molecule has 5 heteroatoms. The van der Waals surface area contributed by atoms with Gasteiger partial charge in [-0.25, -0.2) is 8.42 Å². The summed E-state index contributed by atoms with van der Waals surface area (Å²) < 4.78 is 36.1. The molecule has 2 saturated carbocycles. The molecule has 0 bridgehead atoms. The second-order valence-corrected chi connectivity index (χ2v) is 12.3. The van der Waals surface area contributed by atoms with Crippen molar-refractivity contribution < 1.29 is 13.0 Å². The zero-order chi connectivity index (χ0) is 16.3. The molecule has 0 aromatic carbocycles. The molecular weight excluding hydrogens is 327 g/mol. The van der Waals surface area contributed by atoms with E-state index in [1.54, 1.807) is 12.2 Å². The van der Waals surface area contributed by atoms with Gasteiger partial charge in [-0.1, -0.05) is 70.8 Å². The van der Waals surface area contributed by atoms with E-state index >= 15 is 0 Å². The highest BCUT2D eigenvalue weighted by Crippen LogP contribution is 2.67. The highest BCUT2D eigenvalue weighted by molar-refractivity contribution is 7.96. The van der Waals surface area contributed by atoms with Crippen LogP contribution in [-0.2, 0) is 10.1 Å². The molecule has 3 aliphatic rings. The number of hydrogen-bond acceptors (Lipinski definition) is 3. The van der Waals surface area contributed by atoms with E-state index < -0.39 is 22.5 Å². The van der Waals surface area contributed by atoms with E-state index in [1.807, 2.05) is 12.2 Å². The summed E-state index contributed by atoms with van der Waals surface area (Å²) in [4.78, 5) is 0. The lowest BCUT2D eigenvalue weighted by atomic mass is 9.99. The molecule has 0 spiro atoms. The van der Waals surface area contributed by atoms with Gasteiger partial charge in [-0.3, -0.25) is 0 Å². The Labute approximate surface area is 142 Å². The van der Waals surface area contributed by atoms with Gasteiger partial charge in [0.15, 0.2) is 0 Å². The quantitative estimate of drug-likeness (QED) is 0.533. The molecule has 1 atom stereocenters. The second kappa shape index (κ2) is 7.37. The first-order chi connectivity index (χ1) is 11.0. The fourth-order valence-electron chi connectivity index (χ4n) is 4.73. The molecule has 0 aliphatic heterocycles. The molecule has 0 aromatic rings. The molecule has 0 amide bonds.